The Morgan fingerprint density at radius 2 is 1.95 bits per heavy atom. The molecule has 1 saturated heterocycles. The molecule has 1 atom stereocenters. The Morgan fingerprint density at radius 1 is 1.29 bits per heavy atom. The number of carbonyl (C=O) groups is 3. The van der Waals surface area contributed by atoms with Crippen molar-refractivity contribution in [2.24, 2.45) is 5.92 Å². The van der Waals surface area contributed by atoms with Crippen LogP contribution in [0.25, 0.3) is 0 Å². The number of Topliss-reactive ketones (excluding diaryl/α,β-unsaturated/α-hetero) is 1. The fourth-order valence-corrected chi connectivity index (χ4v) is 4.45. The Hall–Kier alpha value is -1.45. The van der Waals surface area contributed by atoms with Crippen LogP contribution < -0.4 is 4.46 Å². The van der Waals surface area contributed by atoms with Crippen LogP contribution in [-0.4, -0.2) is 44.0 Å². The third kappa shape index (κ3) is 4.02. The molecular formula is C16H19NO3Se. The molecule has 4 nitrogen and oxygen atoms in total. The molecule has 1 unspecified atom stereocenters. The summed E-state index contributed by atoms with van der Waals surface area (Å²) in [6.45, 7) is 3.89. The Kier molecular flexibility index (Phi) is 5.32. The van der Waals surface area contributed by atoms with Crippen LogP contribution in [0, 0.1) is 5.92 Å². The zero-order valence-electron chi connectivity index (χ0n) is 12.2. The van der Waals surface area contributed by atoms with Gasteiger partial charge in [0.05, 0.1) is 0 Å². The number of rotatable bonds is 6. The van der Waals surface area contributed by atoms with Gasteiger partial charge in [-0.25, -0.2) is 0 Å². The third-order valence-corrected chi connectivity index (χ3v) is 5.96. The molecule has 0 N–H and O–H groups in total. The summed E-state index contributed by atoms with van der Waals surface area (Å²) in [6, 6.07) is 9.80. The Morgan fingerprint density at radius 3 is 2.57 bits per heavy atom. The van der Waals surface area contributed by atoms with Gasteiger partial charge in [0.1, 0.15) is 0 Å². The molecule has 1 aliphatic heterocycles. The van der Waals surface area contributed by atoms with E-state index in [9.17, 15) is 14.4 Å². The molecule has 0 spiro atoms. The van der Waals surface area contributed by atoms with Gasteiger partial charge in [-0.2, -0.15) is 0 Å². The van der Waals surface area contributed by atoms with E-state index in [0.717, 1.165) is 4.46 Å². The molecule has 0 aliphatic carbocycles. The number of imide groups is 1. The van der Waals surface area contributed by atoms with Crippen molar-refractivity contribution in [2.45, 2.75) is 31.5 Å². The Balaban J connectivity index is 1.95. The van der Waals surface area contributed by atoms with Gasteiger partial charge < -0.3 is 0 Å². The number of amides is 2. The van der Waals surface area contributed by atoms with Gasteiger partial charge in [0, 0.05) is 0 Å². The monoisotopic (exact) mass is 353 g/mol. The van der Waals surface area contributed by atoms with Crippen molar-refractivity contribution in [1.82, 2.24) is 4.90 Å². The van der Waals surface area contributed by atoms with Gasteiger partial charge in [-0.3, -0.25) is 0 Å². The molecule has 0 radical (unpaired) electrons. The molecule has 21 heavy (non-hydrogen) atoms. The number of nitrogens with zero attached hydrogens (tertiary/aromatic N) is 1. The van der Waals surface area contributed by atoms with Gasteiger partial charge >= 0.3 is 131 Å². The molecular weight excluding hydrogens is 333 g/mol. The van der Waals surface area contributed by atoms with Gasteiger partial charge in [0.25, 0.3) is 0 Å². The Bertz CT molecular complexity index is 542. The van der Waals surface area contributed by atoms with E-state index in [-0.39, 0.29) is 62.7 Å². The van der Waals surface area contributed by atoms with E-state index < -0.39 is 0 Å². The van der Waals surface area contributed by atoms with Gasteiger partial charge in [0.2, 0.25) is 0 Å². The van der Waals surface area contributed by atoms with Crippen molar-refractivity contribution in [2.75, 3.05) is 6.54 Å². The fraction of sp³-hybridized carbons (Fsp3) is 0.438. The summed E-state index contributed by atoms with van der Waals surface area (Å²) < 4.78 is 1.12. The molecule has 0 aromatic heterocycles. The molecule has 0 bridgehead atoms. The quantitative estimate of drug-likeness (QED) is 0.571. The van der Waals surface area contributed by atoms with Crippen molar-refractivity contribution in [1.29, 1.82) is 0 Å². The first-order valence-electron chi connectivity index (χ1n) is 7.07. The van der Waals surface area contributed by atoms with E-state index in [1.165, 1.54) is 4.90 Å². The number of carbonyl (C=O) groups excluding carboxylic acids is 3. The summed E-state index contributed by atoms with van der Waals surface area (Å²) in [5, 5.41) is 0. The number of hydrogen-bond acceptors (Lipinski definition) is 3. The maximum atomic E-state index is 12.3. The van der Waals surface area contributed by atoms with Crippen LogP contribution in [0.1, 0.15) is 26.7 Å². The summed E-state index contributed by atoms with van der Waals surface area (Å²) in [5.74, 6) is -0.213. The molecule has 1 aromatic rings. The molecule has 1 aromatic carbocycles. The van der Waals surface area contributed by atoms with Crippen LogP contribution in [0.15, 0.2) is 30.3 Å². The minimum atomic E-state index is -0.221. The van der Waals surface area contributed by atoms with E-state index in [4.69, 9.17) is 0 Å². The minimum absolute atomic E-state index is 0.0369. The van der Waals surface area contributed by atoms with E-state index in [0.29, 0.717) is 0 Å². The first kappa shape index (κ1) is 15.9. The van der Waals surface area contributed by atoms with Crippen molar-refractivity contribution in [3.8, 4) is 0 Å². The topological polar surface area (TPSA) is 54.5 Å². The molecule has 112 valence electrons. The molecule has 2 amide bonds. The van der Waals surface area contributed by atoms with Crippen LogP contribution in [0.5, 0.6) is 0 Å². The average molecular weight is 352 g/mol. The van der Waals surface area contributed by atoms with E-state index in [2.05, 4.69) is 0 Å². The molecule has 1 heterocycles. The number of benzene rings is 1. The maximum absolute atomic E-state index is 12.3. The summed E-state index contributed by atoms with van der Waals surface area (Å²) in [5.41, 5.74) is 0. The predicted octanol–water partition coefficient (Wildman–Crippen LogP) is 1.18. The zero-order valence-corrected chi connectivity index (χ0v) is 14.0. The molecule has 0 saturated carbocycles. The molecule has 5 heteroatoms. The van der Waals surface area contributed by atoms with Crippen LogP contribution in [0.4, 0.5) is 0 Å². The van der Waals surface area contributed by atoms with Crippen LogP contribution in [-0.2, 0) is 14.4 Å². The van der Waals surface area contributed by atoms with E-state index in [1.807, 2.05) is 44.2 Å². The fourth-order valence-electron chi connectivity index (χ4n) is 2.15. The summed E-state index contributed by atoms with van der Waals surface area (Å²) in [4.78, 5) is 37.0. The van der Waals surface area contributed by atoms with Gasteiger partial charge in [-0.1, -0.05) is 0 Å². The van der Waals surface area contributed by atoms with Crippen LogP contribution >= 0.6 is 0 Å². The summed E-state index contributed by atoms with van der Waals surface area (Å²) in [6.07, 6.45) is 0.545. The average Bonchev–Trinajstić information content (AvgIpc) is 2.72. The predicted molar refractivity (Wildman–Crippen MR) is 81.4 cm³/mol. The van der Waals surface area contributed by atoms with Gasteiger partial charge in [-0.05, 0) is 0 Å². The molecule has 1 aliphatic rings. The van der Waals surface area contributed by atoms with Crippen molar-refractivity contribution in [3.05, 3.63) is 30.3 Å². The van der Waals surface area contributed by atoms with Crippen molar-refractivity contribution >= 4 is 37.0 Å². The standard InChI is InChI=1S/C16H19NO3Se/c1-11(2)13(18)8-9-17-15(19)10-14(16(17)20)21-12-6-4-3-5-7-12/h3-7,11,14H,8-10H2,1-2H3. The Labute approximate surface area is 131 Å². The first-order valence-corrected chi connectivity index (χ1v) is 8.92. The normalized spacial score (nSPS) is 18.6. The number of hydrogen-bond donors (Lipinski definition) is 0. The molecule has 1 fully saturated rings. The van der Waals surface area contributed by atoms with E-state index in [1.54, 1.807) is 0 Å². The van der Waals surface area contributed by atoms with Gasteiger partial charge in [-0.15, -0.1) is 0 Å². The second kappa shape index (κ2) is 7.01. The van der Waals surface area contributed by atoms with Crippen molar-refractivity contribution in [3.63, 3.8) is 0 Å². The second-order valence-electron chi connectivity index (χ2n) is 5.38. The SMILES string of the molecule is CC(C)C(=O)CCN1C(=O)CC([Se]c2ccccc2)C1=O. The first-order chi connectivity index (χ1) is 9.99. The third-order valence-electron chi connectivity index (χ3n) is 3.45. The second-order valence-corrected chi connectivity index (χ2v) is 8.06. The van der Waals surface area contributed by atoms with Crippen LogP contribution in [0.3, 0.4) is 0 Å². The summed E-state index contributed by atoms with van der Waals surface area (Å²) >= 11 is -0.0369. The van der Waals surface area contributed by atoms with E-state index >= 15 is 0 Å². The van der Waals surface area contributed by atoms with Gasteiger partial charge in [0.15, 0.2) is 0 Å². The van der Waals surface area contributed by atoms with Crippen LogP contribution in [0.2, 0.25) is 4.82 Å². The zero-order chi connectivity index (χ0) is 15.4. The van der Waals surface area contributed by atoms with Crippen molar-refractivity contribution < 1.29 is 14.4 Å². The number of ketones is 1. The number of likely N-dealkylation sites (tertiary alicyclic amines) is 1. The molecule has 2 rings (SSSR count). The summed E-state index contributed by atoms with van der Waals surface area (Å²) in [7, 11) is 0.